The first-order chi connectivity index (χ1) is 11.4. The van der Waals surface area contributed by atoms with Crippen LogP contribution in [0.3, 0.4) is 0 Å². The van der Waals surface area contributed by atoms with Crippen molar-refractivity contribution in [2.75, 3.05) is 38.7 Å². The zero-order valence-electron chi connectivity index (χ0n) is 14.6. The van der Waals surface area contributed by atoms with Crippen LogP contribution in [0.4, 0.5) is 5.82 Å². The number of aromatic nitrogens is 1. The van der Waals surface area contributed by atoms with Crippen LogP contribution >= 0.6 is 12.4 Å². The molecule has 0 unspecified atom stereocenters. The van der Waals surface area contributed by atoms with E-state index in [4.69, 9.17) is 14.5 Å². The van der Waals surface area contributed by atoms with Crippen LogP contribution in [0.25, 0.3) is 0 Å². The predicted molar refractivity (Wildman–Crippen MR) is 99.6 cm³/mol. The first-order valence-corrected chi connectivity index (χ1v) is 9.00. The number of nitrogens with zero attached hydrogens (tertiary/aromatic N) is 1. The minimum absolute atomic E-state index is 0. The van der Waals surface area contributed by atoms with Gasteiger partial charge in [0.15, 0.2) is 0 Å². The van der Waals surface area contributed by atoms with Gasteiger partial charge in [-0.05, 0) is 45.1 Å². The number of rotatable bonds is 8. The van der Waals surface area contributed by atoms with Crippen LogP contribution in [-0.2, 0) is 17.6 Å². The van der Waals surface area contributed by atoms with Crippen LogP contribution in [0.5, 0.6) is 5.75 Å². The maximum atomic E-state index is 5.86. The van der Waals surface area contributed by atoms with Crippen LogP contribution in [0.2, 0.25) is 0 Å². The molecule has 3 heterocycles. The minimum Gasteiger partial charge on any atom is -0.496 e. The molecule has 0 saturated carbocycles. The Kier molecular flexibility index (Phi) is 8.09. The lowest BCUT2D eigenvalue weighted by molar-refractivity contribution is 0.0642. The molecule has 136 valence electrons. The van der Waals surface area contributed by atoms with Gasteiger partial charge in [-0.15, -0.1) is 12.4 Å². The summed E-state index contributed by atoms with van der Waals surface area (Å²) < 4.78 is 11.4. The Morgan fingerprint density at radius 1 is 1.25 bits per heavy atom. The van der Waals surface area contributed by atoms with E-state index >= 15 is 0 Å². The van der Waals surface area contributed by atoms with Crippen molar-refractivity contribution in [2.45, 2.75) is 51.0 Å². The van der Waals surface area contributed by atoms with E-state index in [1.807, 2.05) is 0 Å². The summed E-state index contributed by atoms with van der Waals surface area (Å²) in [4.78, 5) is 4.77. The topological polar surface area (TPSA) is 55.4 Å². The lowest BCUT2D eigenvalue weighted by Crippen LogP contribution is -2.17. The fraction of sp³-hybridized carbons (Fsp3) is 0.722. The number of unbranched alkanes of at least 4 members (excludes halogenated alkanes) is 2. The number of nitrogens with one attached hydrogen (secondary N) is 2. The molecule has 5 nitrogen and oxygen atoms in total. The molecule has 0 spiro atoms. The summed E-state index contributed by atoms with van der Waals surface area (Å²) in [6.45, 7) is 4.02. The zero-order chi connectivity index (χ0) is 15.9. The number of hydrogen-bond acceptors (Lipinski definition) is 5. The summed E-state index contributed by atoms with van der Waals surface area (Å²) in [5.41, 5.74) is 2.37. The minimum atomic E-state index is 0. The summed E-state index contributed by atoms with van der Waals surface area (Å²) in [7, 11) is 1.75. The van der Waals surface area contributed by atoms with Gasteiger partial charge in [-0.25, -0.2) is 4.98 Å². The quantitative estimate of drug-likeness (QED) is 0.702. The van der Waals surface area contributed by atoms with Crippen molar-refractivity contribution in [2.24, 2.45) is 0 Å². The second-order valence-corrected chi connectivity index (χ2v) is 6.47. The van der Waals surface area contributed by atoms with Crippen molar-refractivity contribution in [1.82, 2.24) is 10.3 Å². The third-order valence-electron chi connectivity index (χ3n) is 4.70. The third kappa shape index (κ3) is 5.23. The van der Waals surface area contributed by atoms with Crippen molar-refractivity contribution in [3.8, 4) is 5.75 Å². The normalized spacial score (nSPS) is 19.3. The van der Waals surface area contributed by atoms with E-state index in [1.54, 1.807) is 7.11 Å². The van der Waals surface area contributed by atoms with Crippen molar-refractivity contribution >= 4 is 18.2 Å². The maximum absolute atomic E-state index is 5.86. The standard InChI is InChI=1S/C18H29N3O2.ClH/c1-22-17-12-14(21-18-16(17)7-5-9-20-18)6-3-2-4-11-23-15-8-10-19-13-15;/h12,15,19H,2-11,13H2,1H3,(H,20,21);1H/t15-;/m1./s1. The largest absolute Gasteiger partial charge is 0.496 e. The Balaban J connectivity index is 0.00000208. The summed E-state index contributed by atoms with van der Waals surface area (Å²) in [6, 6.07) is 2.12. The van der Waals surface area contributed by atoms with E-state index in [0.29, 0.717) is 6.10 Å². The number of hydrogen-bond donors (Lipinski definition) is 2. The molecule has 0 amide bonds. The number of fused-ring (bicyclic) bond motifs is 1. The van der Waals surface area contributed by atoms with Crippen molar-refractivity contribution < 1.29 is 9.47 Å². The van der Waals surface area contributed by atoms with E-state index < -0.39 is 0 Å². The van der Waals surface area contributed by atoms with Crippen LogP contribution in [-0.4, -0.2) is 44.4 Å². The van der Waals surface area contributed by atoms with E-state index in [9.17, 15) is 0 Å². The van der Waals surface area contributed by atoms with Gasteiger partial charge in [0.05, 0.1) is 13.2 Å². The average Bonchev–Trinajstić information content (AvgIpc) is 3.10. The Bertz CT molecular complexity index is 490. The molecule has 3 rings (SSSR count). The van der Waals surface area contributed by atoms with E-state index in [0.717, 1.165) is 82.0 Å². The molecule has 0 aromatic carbocycles. The molecule has 0 bridgehead atoms. The summed E-state index contributed by atoms with van der Waals surface area (Å²) in [6.07, 6.45) is 8.30. The number of ether oxygens (including phenoxy) is 2. The molecular formula is C18H30ClN3O2. The molecule has 1 saturated heterocycles. The highest BCUT2D eigenvalue weighted by Crippen LogP contribution is 2.30. The molecule has 2 aliphatic heterocycles. The summed E-state index contributed by atoms with van der Waals surface area (Å²) in [5, 5.41) is 6.73. The molecule has 1 aromatic heterocycles. The Morgan fingerprint density at radius 2 is 2.17 bits per heavy atom. The SMILES string of the molecule is COc1cc(CCCCCO[C@@H]2CCNC2)nc2c1CCCN2.Cl. The van der Waals surface area contributed by atoms with E-state index in [2.05, 4.69) is 16.7 Å². The third-order valence-corrected chi connectivity index (χ3v) is 4.70. The average molecular weight is 356 g/mol. The van der Waals surface area contributed by atoms with Gasteiger partial charge in [0.2, 0.25) is 0 Å². The monoisotopic (exact) mass is 355 g/mol. The van der Waals surface area contributed by atoms with Crippen molar-refractivity contribution in [3.63, 3.8) is 0 Å². The molecule has 1 aromatic rings. The van der Waals surface area contributed by atoms with Gasteiger partial charge in [-0.2, -0.15) is 0 Å². The van der Waals surface area contributed by atoms with Gasteiger partial charge in [-0.3, -0.25) is 0 Å². The van der Waals surface area contributed by atoms with E-state index in [-0.39, 0.29) is 12.4 Å². The highest BCUT2D eigenvalue weighted by atomic mass is 35.5. The van der Waals surface area contributed by atoms with Gasteiger partial charge in [-0.1, -0.05) is 6.42 Å². The van der Waals surface area contributed by atoms with Gasteiger partial charge in [0, 0.05) is 37.0 Å². The van der Waals surface area contributed by atoms with Gasteiger partial charge < -0.3 is 20.1 Å². The Morgan fingerprint density at radius 3 is 2.96 bits per heavy atom. The molecule has 0 aliphatic carbocycles. The van der Waals surface area contributed by atoms with Crippen LogP contribution in [0, 0.1) is 0 Å². The zero-order valence-corrected chi connectivity index (χ0v) is 15.4. The molecule has 1 fully saturated rings. The van der Waals surface area contributed by atoms with Gasteiger partial charge in [0.1, 0.15) is 11.6 Å². The fourth-order valence-corrected chi connectivity index (χ4v) is 3.37. The number of pyridine rings is 1. The van der Waals surface area contributed by atoms with Crippen LogP contribution in [0.1, 0.15) is 43.4 Å². The molecular weight excluding hydrogens is 326 g/mol. The number of anilines is 1. The molecule has 0 radical (unpaired) electrons. The number of aryl methyl sites for hydroxylation is 1. The Labute approximate surface area is 151 Å². The molecule has 24 heavy (non-hydrogen) atoms. The lowest BCUT2D eigenvalue weighted by Gasteiger charge is -2.20. The van der Waals surface area contributed by atoms with Crippen LogP contribution < -0.4 is 15.4 Å². The highest BCUT2D eigenvalue weighted by molar-refractivity contribution is 5.85. The van der Waals surface area contributed by atoms with Crippen molar-refractivity contribution in [1.29, 1.82) is 0 Å². The first kappa shape index (κ1) is 19.3. The molecule has 6 heteroatoms. The van der Waals surface area contributed by atoms with E-state index in [1.165, 1.54) is 12.0 Å². The maximum Gasteiger partial charge on any atom is 0.133 e. The number of halogens is 1. The first-order valence-electron chi connectivity index (χ1n) is 9.00. The smallest absolute Gasteiger partial charge is 0.133 e. The molecule has 2 aliphatic rings. The van der Waals surface area contributed by atoms with Gasteiger partial charge >= 0.3 is 0 Å². The summed E-state index contributed by atoms with van der Waals surface area (Å²) >= 11 is 0. The number of methoxy groups -OCH3 is 1. The second-order valence-electron chi connectivity index (χ2n) is 6.47. The van der Waals surface area contributed by atoms with Gasteiger partial charge in [0.25, 0.3) is 0 Å². The summed E-state index contributed by atoms with van der Waals surface area (Å²) in [5.74, 6) is 2.02. The lowest BCUT2D eigenvalue weighted by atomic mass is 10.0. The molecule has 2 N–H and O–H groups in total. The fourth-order valence-electron chi connectivity index (χ4n) is 3.37. The van der Waals surface area contributed by atoms with Crippen molar-refractivity contribution in [3.05, 3.63) is 17.3 Å². The van der Waals surface area contributed by atoms with Crippen LogP contribution in [0.15, 0.2) is 6.07 Å². The Hall–Kier alpha value is -1.04. The predicted octanol–water partition coefficient (Wildman–Crippen LogP) is 2.96. The second kappa shape index (κ2) is 10.1. The highest BCUT2D eigenvalue weighted by Gasteiger charge is 2.16. The molecule has 1 atom stereocenters.